The summed E-state index contributed by atoms with van der Waals surface area (Å²) in [6, 6.07) is 22.2. The fourth-order valence-electron chi connectivity index (χ4n) is 3.95. The van der Waals surface area contributed by atoms with Crippen LogP contribution in [0.1, 0.15) is 29.9 Å². The molecular formula is C24H26N2O2. The fourth-order valence-corrected chi connectivity index (χ4v) is 3.95. The maximum atomic E-state index is 10.4. The van der Waals surface area contributed by atoms with Crippen molar-refractivity contribution >= 4 is 0 Å². The summed E-state index contributed by atoms with van der Waals surface area (Å²) in [7, 11) is 1.62. The van der Waals surface area contributed by atoms with Crippen LogP contribution in [0.2, 0.25) is 0 Å². The molecule has 0 atom stereocenters. The molecule has 1 aliphatic rings. The molecule has 0 aliphatic carbocycles. The number of benzene rings is 2. The van der Waals surface area contributed by atoms with E-state index in [1.807, 2.05) is 30.3 Å². The lowest BCUT2D eigenvalue weighted by atomic mass is 9.89. The minimum atomic E-state index is 0.344. The third kappa shape index (κ3) is 4.18. The van der Waals surface area contributed by atoms with Crippen molar-refractivity contribution in [3.63, 3.8) is 0 Å². The fraction of sp³-hybridized carbons (Fsp3) is 0.292. The highest BCUT2D eigenvalue weighted by atomic mass is 16.5. The molecule has 1 N–H and O–H groups in total. The van der Waals surface area contributed by atoms with E-state index in [2.05, 4.69) is 40.2 Å². The maximum Gasteiger partial charge on any atom is 0.213 e. The Bertz CT molecular complexity index is 919. The summed E-state index contributed by atoms with van der Waals surface area (Å²) >= 11 is 0. The van der Waals surface area contributed by atoms with Gasteiger partial charge >= 0.3 is 0 Å². The Kier molecular flexibility index (Phi) is 5.58. The smallest absolute Gasteiger partial charge is 0.213 e. The number of pyridine rings is 1. The zero-order valence-corrected chi connectivity index (χ0v) is 16.2. The van der Waals surface area contributed by atoms with E-state index >= 15 is 0 Å². The van der Waals surface area contributed by atoms with Gasteiger partial charge in [0.05, 0.1) is 12.8 Å². The molecule has 3 aromatic rings. The summed E-state index contributed by atoms with van der Waals surface area (Å²) in [4.78, 5) is 6.93. The van der Waals surface area contributed by atoms with E-state index in [1.54, 1.807) is 13.2 Å². The molecule has 0 spiro atoms. The molecule has 1 aromatic heterocycles. The van der Waals surface area contributed by atoms with Gasteiger partial charge in [-0.3, -0.25) is 4.90 Å². The van der Waals surface area contributed by atoms with Crippen LogP contribution in [-0.4, -0.2) is 35.2 Å². The van der Waals surface area contributed by atoms with Gasteiger partial charge < -0.3 is 9.84 Å². The number of aromatic hydroxyl groups is 1. The van der Waals surface area contributed by atoms with Crippen molar-refractivity contribution in [3.05, 3.63) is 77.9 Å². The van der Waals surface area contributed by atoms with Gasteiger partial charge in [0.25, 0.3) is 0 Å². The van der Waals surface area contributed by atoms with Crippen molar-refractivity contribution in [1.29, 1.82) is 0 Å². The van der Waals surface area contributed by atoms with E-state index in [0.29, 0.717) is 17.5 Å². The van der Waals surface area contributed by atoms with Crippen molar-refractivity contribution in [2.45, 2.75) is 25.3 Å². The summed E-state index contributed by atoms with van der Waals surface area (Å²) in [6.07, 6.45) is 2.31. The van der Waals surface area contributed by atoms with E-state index in [0.717, 1.165) is 49.3 Å². The second-order valence-electron chi connectivity index (χ2n) is 7.37. The van der Waals surface area contributed by atoms with E-state index in [-0.39, 0.29) is 0 Å². The number of phenols is 1. The Hall–Kier alpha value is -2.85. The standard InChI is InChI=1S/C24H26N2O2/c1-28-24-9-5-8-22(25-24)20-10-11-23(27)21(16-20)17-26-14-12-19(13-15-26)18-6-3-2-4-7-18/h2-11,16,19,27H,12-15,17H2,1H3. The molecule has 2 aromatic carbocycles. The van der Waals surface area contributed by atoms with Crippen molar-refractivity contribution in [2.75, 3.05) is 20.2 Å². The first-order valence-corrected chi connectivity index (χ1v) is 9.83. The zero-order chi connectivity index (χ0) is 19.3. The second-order valence-corrected chi connectivity index (χ2v) is 7.37. The molecule has 1 saturated heterocycles. The van der Waals surface area contributed by atoms with Gasteiger partial charge in [0.15, 0.2) is 0 Å². The first-order chi connectivity index (χ1) is 13.7. The number of aromatic nitrogens is 1. The summed E-state index contributed by atoms with van der Waals surface area (Å²) in [6.45, 7) is 2.84. The molecule has 0 saturated carbocycles. The van der Waals surface area contributed by atoms with Crippen LogP contribution in [0.15, 0.2) is 66.7 Å². The van der Waals surface area contributed by atoms with Crippen LogP contribution in [0.5, 0.6) is 11.6 Å². The average molecular weight is 374 g/mol. The van der Waals surface area contributed by atoms with Crippen LogP contribution in [0.25, 0.3) is 11.3 Å². The number of hydrogen-bond donors (Lipinski definition) is 1. The van der Waals surface area contributed by atoms with Gasteiger partial charge in [0.2, 0.25) is 5.88 Å². The SMILES string of the molecule is COc1cccc(-c2ccc(O)c(CN3CCC(c4ccccc4)CC3)c2)n1. The highest BCUT2D eigenvalue weighted by Crippen LogP contribution is 2.31. The number of nitrogens with zero attached hydrogens (tertiary/aromatic N) is 2. The molecule has 28 heavy (non-hydrogen) atoms. The van der Waals surface area contributed by atoms with E-state index in [1.165, 1.54) is 5.56 Å². The zero-order valence-electron chi connectivity index (χ0n) is 16.2. The Morgan fingerprint density at radius 1 is 1.00 bits per heavy atom. The largest absolute Gasteiger partial charge is 0.508 e. The molecule has 144 valence electrons. The molecule has 4 heteroatoms. The molecule has 1 aliphatic heterocycles. The number of methoxy groups -OCH3 is 1. The number of phenolic OH excluding ortho intramolecular Hbond substituents is 1. The van der Waals surface area contributed by atoms with Crippen LogP contribution < -0.4 is 4.74 Å². The molecule has 4 rings (SSSR count). The van der Waals surface area contributed by atoms with Crippen molar-refractivity contribution in [2.24, 2.45) is 0 Å². The summed E-state index contributed by atoms with van der Waals surface area (Å²) in [5.41, 5.74) is 4.23. The van der Waals surface area contributed by atoms with Crippen LogP contribution in [-0.2, 0) is 6.54 Å². The first-order valence-electron chi connectivity index (χ1n) is 9.83. The predicted octanol–water partition coefficient (Wildman–Crippen LogP) is 4.84. The molecular weight excluding hydrogens is 348 g/mol. The average Bonchev–Trinajstić information content (AvgIpc) is 2.76. The van der Waals surface area contributed by atoms with E-state index in [4.69, 9.17) is 4.74 Å². The van der Waals surface area contributed by atoms with Crippen LogP contribution in [0.3, 0.4) is 0 Å². The first kappa shape index (κ1) is 18.5. The Morgan fingerprint density at radius 3 is 2.54 bits per heavy atom. The monoisotopic (exact) mass is 374 g/mol. The second kappa shape index (κ2) is 8.44. The normalized spacial score (nSPS) is 15.5. The minimum Gasteiger partial charge on any atom is -0.508 e. The number of rotatable bonds is 5. The van der Waals surface area contributed by atoms with Gasteiger partial charge in [-0.15, -0.1) is 0 Å². The molecule has 0 unspecified atom stereocenters. The molecule has 0 radical (unpaired) electrons. The minimum absolute atomic E-state index is 0.344. The van der Waals surface area contributed by atoms with E-state index < -0.39 is 0 Å². The van der Waals surface area contributed by atoms with Crippen LogP contribution >= 0.6 is 0 Å². The predicted molar refractivity (Wildman–Crippen MR) is 112 cm³/mol. The van der Waals surface area contributed by atoms with Crippen molar-refractivity contribution in [3.8, 4) is 22.9 Å². The Morgan fingerprint density at radius 2 is 1.79 bits per heavy atom. The quantitative estimate of drug-likeness (QED) is 0.694. The van der Waals surface area contributed by atoms with Gasteiger partial charge in [-0.25, -0.2) is 4.98 Å². The maximum absolute atomic E-state index is 10.4. The lowest BCUT2D eigenvalue weighted by Gasteiger charge is -2.32. The third-order valence-electron chi connectivity index (χ3n) is 5.56. The molecule has 2 heterocycles. The molecule has 1 fully saturated rings. The third-order valence-corrected chi connectivity index (χ3v) is 5.56. The van der Waals surface area contributed by atoms with Gasteiger partial charge in [0, 0.05) is 23.7 Å². The highest BCUT2D eigenvalue weighted by Gasteiger charge is 2.21. The number of hydrogen-bond acceptors (Lipinski definition) is 4. The molecule has 0 amide bonds. The van der Waals surface area contributed by atoms with Gasteiger partial charge in [-0.05, 0) is 61.7 Å². The Balaban J connectivity index is 1.45. The van der Waals surface area contributed by atoms with Gasteiger partial charge in [0.1, 0.15) is 5.75 Å². The number of likely N-dealkylation sites (tertiary alicyclic amines) is 1. The summed E-state index contributed by atoms with van der Waals surface area (Å²) in [5, 5.41) is 10.4. The van der Waals surface area contributed by atoms with Crippen LogP contribution in [0.4, 0.5) is 0 Å². The molecule has 4 nitrogen and oxygen atoms in total. The lowest BCUT2D eigenvalue weighted by molar-refractivity contribution is 0.202. The summed E-state index contributed by atoms with van der Waals surface area (Å²) < 4.78 is 5.23. The van der Waals surface area contributed by atoms with E-state index in [9.17, 15) is 5.11 Å². The van der Waals surface area contributed by atoms with Crippen molar-refractivity contribution < 1.29 is 9.84 Å². The van der Waals surface area contributed by atoms with Gasteiger partial charge in [-0.1, -0.05) is 36.4 Å². The van der Waals surface area contributed by atoms with Crippen LogP contribution in [0, 0.1) is 0 Å². The lowest BCUT2D eigenvalue weighted by Crippen LogP contribution is -2.32. The summed E-state index contributed by atoms with van der Waals surface area (Å²) in [5.74, 6) is 1.57. The molecule has 0 bridgehead atoms. The number of ether oxygens (including phenoxy) is 1. The number of piperidine rings is 1. The topological polar surface area (TPSA) is 45.6 Å². The van der Waals surface area contributed by atoms with Crippen molar-refractivity contribution in [1.82, 2.24) is 9.88 Å². The van der Waals surface area contributed by atoms with Gasteiger partial charge in [-0.2, -0.15) is 0 Å². The highest BCUT2D eigenvalue weighted by molar-refractivity contribution is 5.62. The Labute approximate surface area is 166 Å².